The van der Waals surface area contributed by atoms with Gasteiger partial charge in [-0.1, -0.05) is 0 Å². The van der Waals surface area contributed by atoms with E-state index in [-0.39, 0.29) is 19.0 Å². The highest BCUT2D eigenvalue weighted by atomic mass is 16.6. The molecule has 0 unspecified atom stereocenters. The van der Waals surface area contributed by atoms with Crippen molar-refractivity contribution in [3.8, 4) is 0 Å². The van der Waals surface area contributed by atoms with Crippen LogP contribution in [0.2, 0.25) is 0 Å². The zero-order valence-corrected chi connectivity index (χ0v) is 10.1. The molecule has 2 aliphatic rings. The van der Waals surface area contributed by atoms with Crippen LogP contribution in [-0.2, 0) is 33.3 Å². The Morgan fingerprint density at radius 3 is 2.33 bits per heavy atom. The molecule has 3 atom stereocenters. The smallest absolute Gasteiger partial charge is 0.320 e. The van der Waals surface area contributed by atoms with E-state index in [0.29, 0.717) is 0 Å². The fourth-order valence-electron chi connectivity index (χ4n) is 2.46. The Bertz CT molecular complexity index is 346. The molecule has 0 saturated carbocycles. The van der Waals surface area contributed by atoms with Gasteiger partial charge in [0.05, 0.1) is 33.4 Å². The van der Waals surface area contributed by atoms with Gasteiger partial charge in [-0.15, -0.1) is 0 Å². The first-order valence-corrected chi connectivity index (χ1v) is 5.55. The van der Waals surface area contributed by atoms with Crippen LogP contribution in [0.15, 0.2) is 0 Å². The minimum atomic E-state index is -1.12. The van der Waals surface area contributed by atoms with Gasteiger partial charge in [-0.3, -0.25) is 14.4 Å². The molecule has 2 rings (SSSR count). The topological polar surface area (TPSA) is 88.1 Å². The molecular formula is C11H14O7. The summed E-state index contributed by atoms with van der Waals surface area (Å²) in [6.07, 6.45) is -1.06. The van der Waals surface area contributed by atoms with Gasteiger partial charge >= 0.3 is 17.9 Å². The molecule has 7 nitrogen and oxygen atoms in total. The van der Waals surface area contributed by atoms with Crippen molar-refractivity contribution in [2.75, 3.05) is 20.8 Å². The van der Waals surface area contributed by atoms with Crippen molar-refractivity contribution in [2.24, 2.45) is 11.8 Å². The third-order valence-corrected chi connectivity index (χ3v) is 3.28. The van der Waals surface area contributed by atoms with Gasteiger partial charge in [-0.05, 0) is 0 Å². The highest BCUT2D eigenvalue weighted by molar-refractivity contribution is 5.95. The van der Waals surface area contributed by atoms with Gasteiger partial charge in [0, 0.05) is 5.92 Å². The lowest BCUT2D eigenvalue weighted by atomic mass is 9.82. The summed E-state index contributed by atoms with van der Waals surface area (Å²) in [5.74, 6) is -3.45. The summed E-state index contributed by atoms with van der Waals surface area (Å²) >= 11 is 0. The van der Waals surface area contributed by atoms with E-state index in [1.165, 1.54) is 14.2 Å². The van der Waals surface area contributed by atoms with Gasteiger partial charge in [-0.25, -0.2) is 0 Å². The molecule has 18 heavy (non-hydrogen) atoms. The standard InChI is InChI=1S/C11H14O7/c1-15-10(13)9(11(14)16-2)8-5-3-7(12)18-6(8)4-17-5/h5-6,8-9H,3-4H2,1-2H3/t5-,6-,8+/m0/s1. The third-order valence-electron chi connectivity index (χ3n) is 3.28. The highest BCUT2D eigenvalue weighted by Crippen LogP contribution is 2.37. The third kappa shape index (κ3) is 2.05. The fourth-order valence-corrected chi connectivity index (χ4v) is 2.46. The van der Waals surface area contributed by atoms with E-state index in [1.54, 1.807) is 0 Å². The maximum absolute atomic E-state index is 11.7. The van der Waals surface area contributed by atoms with Gasteiger partial charge in [-0.2, -0.15) is 0 Å². The van der Waals surface area contributed by atoms with Crippen LogP contribution >= 0.6 is 0 Å². The van der Waals surface area contributed by atoms with Gasteiger partial charge in [0.15, 0.2) is 5.92 Å². The number of esters is 3. The van der Waals surface area contributed by atoms with E-state index in [0.717, 1.165) is 0 Å². The molecule has 2 saturated heterocycles. The number of methoxy groups -OCH3 is 2. The molecule has 0 spiro atoms. The van der Waals surface area contributed by atoms with Crippen molar-refractivity contribution in [1.82, 2.24) is 0 Å². The highest BCUT2D eigenvalue weighted by Gasteiger charge is 2.54. The zero-order valence-electron chi connectivity index (χ0n) is 10.1. The van der Waals surface area contributed by atoms with Crippen LogP contribution in [0, 0.1) is 11.8 Å². The Labute approximate surface area is 103 Å². The monoisotopic (exact) mass is 258 g/mol. The molecule has 100 valence electrons. The zero-order chi connectivity index (χ0) is 13.3. The van der Waals surface area contributed by atoms with Crippen LogP contribution in [0.25, 0.3) is 0 Å². The summed E-state index contributed by atoms with van der Waals surface area (Å²) in [5, 5.41) is 0. The average Bonchev–Trinajstić information content (AvgIpc) is 2.61. The number of ether oxygens (including phenoxy) is 4. The summed E-state index contributed by atoms with van der Waals surface area (Å²) < 4.78 is 19.7. The minimum absolute atomic E-state index is 0.0334. The summed E-state index contributed by atoms with van der Waals surface area (Å²) in [6, 6.07) is 0. The number of fused-ring (bicyclic) bond motifs is 2. The van der Waals surface area contributed by atoms with Crippen LogP contribution in [-0.4, -0.2) is 50.9 Å². The van der Waals surface area contributed by atoms with Crippen molar-refractivity contribution < 1.29 is 33.3 Å². The summed E-state index contributed by atoms with van der Waals surface area (Å²) in [4.78, 5) is 34.6. The number of carbonyl (C=O) groups excluding carboxylic acids is 3. The van der Waals surface area contributed by atoms with Gasteiger partial charge in [0.25, 0.3) is 0 Å². The number of hydrogen-bond acceptors (Lipinski definition) is 7. The predicted octanol–water partition coefficient (Wildman–Crippen LogP) is -0.721. The lowest BCUT2D eigenvalue weighted by Gasteiger charge is -2.30. The van der Waals surface area contributed by atoms with E-state index in [2.05, 4.69) is 9.47 Å². The van der Waals surface area contributed by atoms with Gasteiger partial charge in [0.2, 0.25) is 0 Å². The lowest BCUT2D eigenvalue weighted by molar-refractivity contribution is -0.173. The van der Waals surface area contributed by atoms with Crippen molar-refractivity contribution in [3.63, 3.8) is 0 Å². The molecule has 2 heterocycles. The Balaban J connectivity index is 2.24. The van der Waals surface area contributed by atoms with Gasteiger partial charge in [0.1, 0.15) is 6.10 Å². The first-order valence-electron chi connectivity index (χ1n) is 5.55. The molecule has 0 aromatic heterocycles. The van der Waals surface area contributed by atoms with Crippen molar-refractivity contribution in [1.29, 1.82) is 0 Å². The largest absolute Gasteiger partial charge is 0.468 e. The van der Waals surface area contributed by atoms with Crippen LogP contribution in [0.3, 0.4) is 0 Å². The van der Waals surface area contributed by atoms with E-state index in [9.17, 15) is 14.4 Å². The molecular weight excluding hydrogens is 244 g/mol. The predicted molar refractivity (Wildman–Crippen MR) is 55.2 cm³/mol. The second-order valence-electron chi connectivity index (χ2n) is 4.21. The Kier molecular flexibility index (Phi) is 3.51. The molecule has 2 bridgehead atoms. The molecule has 0 radical (unpaired) electrons. The maximum Gasteiger partial charge on any atom is 0.320 e. The normalized spacial score (nSPS) is 29.9. The molecule has 7 heteroatoms. The molecule has 0 aromatic carbocycles. The Morgan fingerprint density at radius 2 is 1.83 bits per heavy atom. The van der Waals surface area contributed by atoms with E-state index >= 15 is 0 Å². The minimum Gasteiger partial charge on any atom is -0.468 e. The molecule has 0 N–H and O–H groups in total. The molecule has 2 fully saturated rings. The SMILES string of the molecule is COC(=O)C(C(=O)OC)[C@@H]1[C@@H]2CC(=O)O[C@H]1CO2. The molecule has 0 amide bonds. The number of hydrogen-bond donors (Lipinski definition) is 0. The first-order chi connectivity index (χ1) is 8.58. The molecule has 0 aliphatic carbocycles. The van der Waals surface area contributed by atoms with E-state index in [1.807, 2.05) is 0 Å². The summed E-state index contributed by atoms with van der Waals surface area (Å²) in [7, 11) is 2.38. The second-order valence-corrected chi connectivity index (χ2v) is 4.21. The van der Waals surface area contributed by atoms with Crippen molar-refractivity contribution in [3.05, 3.63) is 0 Å². The van der Waals surface area contributed by atoms with Crippen LogP contribution in [0.1, 0.15) is 6.42 Å². The Hall–Kier alpha value is -1.63. The lowest BCUT2D eigenvalue weighted by Crippen LogP contribution is -2.47. The maximum atomic E-state index is 11.7. The van der Waals surface area contributed by atoms with E-state index < -0.39 is 36.0 Å². The molecule has 2 aliphatic heterocycles. The van der Waals surface area contributed by atoms with Crippen molar-refractivity contribution >= 4 is 17.9 Å². The Morgan fingerprint density at radius 1 is 1.22 bits per heavy atom. The second kappa shape index (κ2) is 4.93. The molecule has 0 aromatic rings. The van der Waals surface area contributed by atoms with E-state index in [4.69, 9.17) is 9.47 Å². The number of carbonyl (C=O) groups is 3. The van der Waals surface area contributed by atoms with Crippen LogP contribution in [0.5, 0.6) is 0 Å². The average molecular weight is 258 g/mol. The van der Waals surface area contributed by atoms with Gasteiger partial charge < -0.3 is 18.9 Å². The quantitative estimate of drug-likeness (QED) is 0.375. The summed E-state index contributed by atoms with van der Waals surface area (Å²) in [5.41, 5.74) is 0. The summed E-state index contributed by atoms with van der Waals surface area (Å²) in [6.45, 7) is 0.186. The van der Waals surface area contributed by atoms with Crippen LogP contribution < -0.4 is 0 Å². The van der Waals surface area contributed by atoms with Crippen molar-refractivity contribution in [2.45, 2.75) is 18.6 Å². The fraction of sp³-hybridized carbons (Fsp3) is 0.727. The first kappa shape index (κ1) is 12.8. The number of rotatable bonds is 3. The van der Waals surface area contributed by atoms with Crippen LogP contribution in [0.4, 0.5) is 0 Å².